The molecular weight excluding hydrogens is 278 g/mol. The largest absolute Gasteiger partial charge is 0.388 e. The van der Waals surface area contributed by atoms with Crippen molar-refractivity contribution in [3.05, 3.63) is 89.6 Å². The van der Waals surface area contributed by atoms with Gasteiger partial charge in [0, 0.05) is 12.2 Å². The number of benzene rings is 3. The molecule has 0 spiro atoms. The molecule has 0 radical (unpaired) electrons. The standard InChI is InChI=1S/C22H21N/c1-2-7-17(8-3-1)15-20-16-19(13-14-23-20)22-12-6-10-18-9-4-5-11-21(18)22/h1-12,15,19,23H,13-14,16H2. The molecule has 1 aliphatic heterocycles. The van der Waals surface area contributed by atoms with Crippen LogP contribution in [-0.4, -0.2) is 6.54 Å². The average Bonchev–Trinajstić information content (AvgIpc) is 2.62. The highest BCUT2D eigenvalue weighted by atomic mass is 14.9. The smallest absolute Gasteiger partial charge is 0.0149 e. The second-order valence-corrected chi connectivity index (χ2v) is 6.27. The zero-order chi connectivity index (χ0) is 15.5. The number of fused-ring (bicyclic) bond motifs is 1. The first-order chi connectivity index (χ1) is 11.4. The molecule has 1 unspecified atom stereocenters. The Morgan fingerprint density at radius 1 is 0.826 bits per heavy atom. The first kappa shape index (κ1) is 14.1. The Labute approximate surface area is 137 Å². The third-order valence-corrected chi connectivity index (χ3v) is 4.71. The highest BCUT2D eigenvalue weighted by Crippen LogP contribution is 2.34. The number of hydrogen-bond donors (Lipinski definition) is 1. The van der Waals surface area contributed by atoms with Gasteiger partial charge < -0.3 is 5.32 Å². The van der Waals surface area contributed by atoms with E-state index in [2.05, 4.69) is 84.2 Å². The number of rotatable bonds is 2. The van der Waals surface area contributed by atoms with Crippen molar-refractivity contribution in [1.82, 2.24) is 5.32 Å². The highest BCUT2D eigenvalue weighted by Gasteiger charge is 2.20. The first-order valence-corrected chi connectivity index (χ1v) is 8.37. The fraction of sp³-hybridized carbons (Fsp3) is 0.182. The van der Waals surface area contributed by atoms with Crippen LogP contribution in [0.4, 0.5) is 0 Å². The summed E-state index contributed by atoms with van der Waals surface area (Å²) in [5.41, 5.74) is 4.11. The first-order valence-electron chi connectivity index (χ1n) is 8.37. The monoisotopic (exact) mass is 299 g/mol. The van der Waals surface area contributed by atoms with E-state index in [0.717, 1.165) is 13.0 Å². The van der Waals surface area contributed by atoms with Gasteiger partial charge >= 0.3 is 0 Å². The summed E-state index contributed by atoms with van der Waals surface area (Å²) in [6.07, 6.45) is 4.57. The number of hydrogen-bond acceptors (Lipinski definition) is 1. The van der Waals surface area contributed by atoms with Crippen molar-refractivity contribution in [2.24, 2.45) is 0 Å². The van der Waals surface area contributed by atoms with Gasteiger partial charge in [-0.1, -0.05) is 72.8 Å². The second kappa shape index (κ2) is 6.29. The Balaban J connectivity index is 1.66. The Kier molecular flexibility index (Phi) is 3.85. The minimum Gasteiger partial charge on any atom is -0.388 e. The molecule has 1 heteroatoms. The van der Waals surface area contributed by atoms with Crippen molar-refractivity contribution in [3.8, 4) is 0 Å². The Hall–Kier alpha value is -2.54. The SMILES string of the molecule is C(=C1CC(c2cccc3ccccc23)CCN1)c1ccccc1. The molecule has 1 saturated heterocycles. The fourth-order valence-corrected chi connectivity index (χ4v) is 3.58. The summed E-state index contributed by atoms with van der Waals surface area (Å²) in [5, 5.41) is 6.32. The van der Waals surface area contributed by atoms with Crippen LogP contribution in [0.25, 0.3) is 16.8 Å². The molecule has 23 heavy (non-hydrogen) atoms. The molecule has 1 fully saturated rings. The van der Waals surface area contributed by atoms with Gasteiger partial charge in [0.2, 0.25) is 0 Å². The van der Waals surface area contributed by atoms with Crippen LogP contribution in [0.2, 0.25) is 0 Å². The van der Waals surface area contributed by atoms with Crippen LogP contribution in [-0.2, 0) is 0 Å². The maximum atomic E-state index is 3.58. The maximum absolute atomic E-state index is 3.58. The van der Waals surface area contributed by atoms with E-state index in [-0.39, 0.29) is 0 Å². The van der Waals surface area contributed by atoms with Crippen LogP contribution >= 0.6 is 0 Å². The Bertz CT molecular complexity index is 827. The van der Waals surface area contributed by atoms with Gasteiger partial charge in [-0.15, -0.1) is 0 Å². The lowest BCUT2D eigenvalue weighted by atomic mass is 9.85. The minimum absolute atomic E-state index is 0.595. The normalized spacial score (nSPS) is 19.7. The molecule has 1 atom stereocenters. The summed E-state index contributed by atoms with van der Waals surface area (Å²) in [4.78, 5) is 0. The summed E-state index contributed by atoms with van der Waals surface area (Å²) in [7, 11) is 0. The summed E-state index contributed by atoms with van der Waals surface area (Å²) in [5.74, 6) is 0.595. The van der Waals surface area contributed by atoms with E-state index in [1.807, 2.05) is 0 Å². The molecule has 0 saturated carbocycles. The van der Waals surface area contributed by atoms with Crippen LogP contribution in [0.5, 0.6) is 0 Å². The third kappa shape index (κ3) is 3.00. The Morgan fingerprint density at radius 2 is 1.61 bits per heavy atom. The maximum Gasteiger partial charge on any atom is 0.0149 e. The molecule has 0 amide bonds. The topological polar surface area (TPSA) is 12.0 Å². The molecule has 0 aliphatic carbocycles. The molecule has 0 bridgehead atoms. The van der Waals surface area contributed by atoms with E-state index < -0.39 is 0 Å². The quantitative estimate of drug-likeness (QED) is 0.672. The number of nitrogens with one attached hydrogen (secondary N) is 1. The molecule has 1 heterocycles. The van der Waals surface area contributed by atoms with Crippen LogP contribution in [0.1, 0.15) is 29.9 Å². The third-order valence-electron chi connectivity index (χ3n) is 4.71. The van der Waals surface area contributed by atoms with Crippen molar-refractivity contribution >= 4 is 16.8 Å². The van der Waals surface area contributed by atoms with E-state index in [0.29, 0.717) is 5.92 Å². The van der Waals surface area contributed by atoms with E-state index >= 15 is 0 Å². The highest BCUT2D eigenvalue weighted by molar-refractivity contribution is 5.86. The predicted molar refractivity (Wildman–Crippen MR) is 98.3 cm³/mol. The van der Waals surface area contributed by atoms with Gasteiger partial charge in [0.25, 0.3) is 0 Å². The van der Waals surface area contributed by atoms with E-state index in [1.165, 1.54) is 34.0 Å². The molecule has 4 rings (SSSR count). The van der Waals surface area contributed by atoms with Crippen LogP contribution in [0.15, 0.2) is 78.5 Å². The number of allylic oxidation sites excluding steroid dienone is 1. The molecule has 1 aliphatic rings. The molecule has 0 aromatic heterocycles. The lowest BCUT2D eigenvalue weighted by Gasteiger charge is -2.27. The number of piperidine rings is 1. The summed E-state index contributed by atoms with van der Waals surface area (Å²) < 4.78 is 0. The Morgan fingerprint density at radius 3 is 2.52 bits per heavy atom. The zero-order valence-electron chi connectivity index (χ0n) is 13.2. The molecule has 1 nitrogen and oxygen atoms in total. The van der Waals surface area contributed by atoms with Crippen molar-refractivity contribution in [2.75, 3.05) is 6.54 Å². The van der Waals surface area contributed by atoms with Crippen molar-refractivity contribution in [2.45, 2.75) is 18.8 Å². The van der Waals surface area contributed by atoms with E-state index in [1.54, 1.807) is 0 Å². The summed E-state index contributed by atoms with van der Waals surface area (Å²) in [6.45, 7) is 1.05. The van der Waals surface area contributed by atoms with Crippen molar-refractivity contribution in [3.63, 3.8) is 0 Å². The van der Waals surface area contributed by atoms with Gasteiger partial charge in [-0.3, -0.25) is 0 Å². The summed E-state index contributed by atoms with van der Waals surface area (Å²) >= 11 is 0. The van der Waals surface area contributed by atoms with Gasteiger partial charge in [0.05, 0.1) is 0 Å². The zero-order valence-corrected chi connectivity index (χ0v) is 13.2. The predicted octanol–water partition coefficient (Wildman–Crippen LogP) is 5.35. The molecule has 3 aromatic carbocycles. The summed E-state index contributed by atoms with van der Waals surface area (Å²) in [6, 6.07) is 26.0. The van der Waals surface area contributed by atoms with Gasteiger partial charge in [-0.2, -0.15) is 0 Å². The lowest BCUT2D eigenvalue weighted by molar-refractivity contribution is 0.522. The van der Waals surface area contributed by atoms with Crippen LogP contribution in [0.3, 0.4) is 0 Å². The van der Waals surface area contributed by atoms with Crippen molar-refractivity contribution in [1.29, 1.82) is 0 Å². The van der Waals surface area contributed by atoms with Gasteiger partial charge in [0.1, 0.15) is 0 Å². The average molecular weight is 299 g/mol. The van der Waals surface area contributed by atoms with Crippen LogP contribution < -0.4 is 5.32 Å². The van der Waals surface area contributed by atoms with Crippen LogP contribution in [0, 0.1) is 0 Å². The molecule has 114 valence electrons. The van der Waals surface area contributed by atoms with Gasteiger partial charge in [-0.05, 0) is 46.7 Å². The molecular formula is C22H21N. The molecule has 3 aromatic rings. The molecule has 1 N–H and O–H groups in total. The lowest BCUT2D eigenvalue weighted by Crippen LogP contribution is -2.25. The van der Waals surface area contributed by atoms with Crippen molar-refractivity contribution < 1.29 is 0 Å². The van der Waals surface area contributed by atoms with E-state index in [9.17, 15) is 0 Å². The fourth-order valence-electron chi connectivity index (χ4n) is 3.58. The van der Waals surface area contributed by atoms with Gasteiger partial charge in [-0.25, -0.2) is 0 Å². The van der Waals surface area contributed by atoms with Gasteiger partial charge in [0.15, 0.2) is 0 Å². The second-order valence-electron chi connectivity index (χ2n) is 6.27. The minimum atomic E-state index is 0.595. The van der Waals surface area contributed by atoms with E-state index in [4.69, 9.17) is 0 Å².